The van der Waals surface area contributed by atoms with Gasteiger partial charge in [-0.2, -0.15) is 0 Å². The van der Waals surface area contributed by atoms with Crippen molar-refractivity contribution in [3.63, 3.8) is 0 Å². The van der Waals surface area contributed by atoms with Crippen molar-refractivity contribution in [1.29, 1.82) is 0 Å². The maximum Gasteiger partial charge on any atom is 0.275 e. The first-order valence-electron chi connectivity index (χ1n) is 11.4. The molecule has 0 saturated heterocycles. The molecule has 1 amide bonds. The van der Waals surface area contributed by atoms with Crippen molar-refractivity contribution < 1.29 is 14.8 Å². The Bertz CT molecular complexity index is 1800. The van der Waals surface area contributed by atoms with Crippen molar-refractivity contribution in [3.05, 3.63) is 98.3 Å². The topological polar surface area (TPSA) is 156 Å². The molecule has 3 aromatic carbocycles. The van der Waals surface area contributed by atoms with Crippen molar-refractivity contribution in [2.45, 2.75) is 18.6 Å². The van der Waals surface area contributed by atoms with E-state index in [0.29, 0.717) is 21.6 Å². The number of rotatable bonds is 7. The number of non-ortho nitro benzene ring substituents is 1. The fraction of sp³-hybridized carbons (Fsp3) is 0.115. The molecule has 0 aliphatic rings. The lowest BCUT2D eigenvalue weighted by Crippen LogP contribution is -2.24. The Labute approximate surface area is 219 Å². The largest absolute Gasteiger partial charge is 0.493 e. The Hall–Kier alpha value is -4.84. The number of nitro groups is 1. The molecular weight excluding hydrogens is 508 g/mol. The first-order chi connectivity index (χ1) is 18.3. The van der Waals surface area contributed by atoms with Gasteiger partial charge < -0.3 is 10.1 Å². The number of aromatic amines is 1. The van der Waals surface area contributed by atoms with Crippen molar-refractivity contribution in [2.24, 2.45) is 10.2 Å². The number of aromatic nitrogens is 3. The molecule has 0 bridgehead atoms. The number of aromatic hydroxyl groups is 1. The van der Waals surface area contributed by atoms with Crippen molar-refractivity contribution in [1.82, 2.24) is 14.5 Å². The number of benzene rings is 3. The summed E-state index contributed by atoms with van der Waals surface area (Å²) in [4.78, 5) is 43.8. The van der Waals surface area contributed by atoms with E-state index in [1.54, 1.807) is 12.1 Å². The maximum atomic E-state index is 13.4. The molecule has 2 aromatic heterocycles. The lowest BCUT2D eigenvalue weighted by molar-refractivity contribution is -0.384. The van der Waals surface area contributed by atoms with Gasteiger partial charge in [-0.25, -0.2) is 4.98 Å². The van der Waals surface area contributed by atoms with E-state index in [0.717, 1.165) is 22.9 Å². The van der Waals surface area contributed by atoms with E-state index in [1.165, 1.54) is 22.8 Å². The number of H-pyrrole nitrogens is 1. The van der Waals surface area contributed by atoms with E-state index in [9.17, 15) is 24.8 Å². The van der Waals surface area contributed by atoms with E-state index in [4.69, 9.17) is 0 Å². The number of amides is 1. The molecule has 38 heavy (non-hydrogen) atoms. The molecular formula is C26H20N6O5S. The van der Waals surface area contributed by atoms with Crippen molar-refractivity contribution in [2.75, 3.05) is 5.75 Å². The monoisotopic (exact) mass is 528 g/mol. The highest BCUT2D eigenvalue weighted by Crippen LogP contribution is 2.37. The molecule has 0 aliphatic heterocycles. The van der Waals surface area contributed by atoms with Gasteiger partial charge >= 0.3 is 0 Å². The number of nitrogens with zero attached hydrogens (tertiary/aromatic N) is 5. The highest BCUT2D eigenvalue weighted by molar-refractivity contribution is 7.99. The molecule has 0 unspecified atom stereocenters. The normalized spacial score (nSPS) is 11.5. The van der Waals surface area contributed by atoms with Gasteiger partial charge in [-0.1, -0.05) is 53.7 Å². The molecule has 2 heterocycles. The summed E-state index contributed by atoms with van der Waals surface area (Å²) in [5.41, 5.74) is 2.27. The van der Waals surface area contributed by atoms with E-state index < -0.39 is 10.8 Å². The quantitative estimate of drug-likeness (QED) is 0.0960. The van der Waals surface area contributed by atoms with Crippen LogP contribution in [0.1, 0.15) is 11.1 Å². The SMILES string of the molecule is Cc1ccc2nc(SCC(=O)N=Nc3c(O)[nH]c4ccc([N+](=O)[O-])cc34)n(Cc3ccccc3)c(=O)c2c1. The number of hydrogen-bond donors (Lipinski definition) is 2. The molecule has 0 aliphatic carbocycles. The summed E-state index contributed by atoms with van der Waals surface area (Å²) < 4.78 is 1.52. The van der Waals surface area contributed by atoms with E-state index >= 15 is 0 Å². The van der Waals surface area contributed by atoms with Gasteiger partial charge in [0.25, 0.3) is 17.2 Å². The minimum atomic E-state index is -0.640. The smallest absolute Gasteiger partial charge is 0.275 e. The fourth-order valence-electron chi connectivity index (χ4n) is 3.96. The summed E-state index contributed by atoms with van der Waals surface area (Å²) >= 11 is 1.05. The van der Waals surface area contributed by atoms with Crippen LogP contribution in [0.15, 0.2) is 86.9 Å². The Morgan fingerprint density at radius 2 is 1.92 bits per heavy atom. The second-order valence-electron chi connectivity index (χ2n) is 8.48. The number of thioether (sulfide) groups is 1. The van der Waals surface area contributed by atoms with E-state index in [-0.39, 0.29) is 40.5 Å². The predicted octanol–water partition coefficient (Wildman–Crippen LogP) is 5.25. The second-order valence-corrected chi connectivity index (χ2v) is 9.43. The lowest BCUT2D eigenvalue weighted by Gasteiger charge is -2.13. The highest BCUT2D eigenvalue weighted by Gasteiger charge is 2.17. The number of fused-ring (bicyclic) bond motifs is 2. The lowest BCUT2D eigenvalue weighted by atomic mass is 10.1. The summed E-state index contributed by atoms with van der Waals surface area (Å²) in [6.07, 6.45) is 0. The van der Waals surface area contributed by atoms with Crippen LogP contribution in [0.5, 0.6) is 5.88 Å². The molecule has 0 radical (unpaired) electrons. The average Bonchev–Trinajstić information content (AvgIpc) is 3.23. The Kier molecular flexibility index (Phi) is 6.71. The van der Waals surface area contributed by atoms with Crippen LogP contribution in [-0.4, -0.2) is 36.2 Å². The van der Waals surface area contributed by atoms with Gasteiger partial charge in [0.05, 0.1) is 33.6 Å². The van der Waals surface area contributed by atoms with Crippen LogP contribution in [0, 0.1) is 17.0 Å². The molecule has 5 aromatic rings. The van der Waals surface area contributed by atoms with Gasteiger partial charge in [-0.15, -0.1) is 10.2 Å². The minimum Gasteiger partial charge on any atom is -0.493 e. The second kappa shape index (κ2) is 10.3. The maximum absolute atomic E-state index is 13.4. The molecule has 0 fully saturated rings. The van der Waals surface area contributed by atoms with Gasteiger partial charge in [0.1, 0.15) is 0 Å². The summed E-state index contributed by atoms with van der Waals surface area (Å²) in [5, 5.41) is 29.9. The van der Waals surface area contributed by atoms with Crippen LogP contribution in [0.4, 0.5) is 11.4 Å². The van der Waals surface area contributed by atoms with Crippen molar-refractivity contribution >= 4 is 50.8 Å². The van der Waals surface area contributed by atoms with Gasteiger partial charge in [0.2, 0.25) is 5.88 Å². The highest BCUT2D eigenvalue weighted by atomic mass is 32.2. The van der Waals surface area contributed by atoms with Crippen LogP contribution in [0.3, 0.4) is 0 Å². The summed E-state index contributed by atoms with van der Waals surface area (Å²) in [7, 11) is 0. The molecule has 0 spiro atoms. The molecule has 11 nitrogen and oxygen atoms in total. The van der Waals surface area contributed by atoms with Crippen LogP contribution < -0.4 is 5.56 Å². The third kappa shape index (κ3) is 5.02. The molecule has 12 heteroatoms. The molecule has 5 rings (SSSR count). The van der Waals surface area contributed by atoms with Crippen LogP contribution in [0.25, 0.3) is 21.8 Å². The Balaban J connectivity index is 1.42. The van der Waals surface area contributed by atoms with E-state index in [1.807, 2.05) is 43.3 Å². The number of carbonyl (C=O) groups excluding carboxylic acids is 1. The van der Waals surface area contributed by atoms with Gasteiger partial charge in [-0.3, -0.25) is 24.3 Å². The Morgan fingerprint density at radius 1 is 1.13 bits per heavy atom. The third-order valence-corrected chi connectivity index (χ3v) is 6.75. The van der Waals surface area contributed by atoms with E-state index in [2.05, 4.69) is 20.2 Å². The van der Waals surface area contributed by atoms with Crippen LogP contribution >= 0.6 is 11.8 Å². The Morgan fingerprint density at radius 3 is 2.68 bits per heavy atom. The number of aryl methyl sites for hydroxylation is 1. The number of hydrogen-bond acceptors (Lipinski definition) is 8. The number of nitro benzene ring substituents is 1. The summed E-state index contributed by atoms with van der Waals surface area (Å²) in [6.45, 7) is 2.17. The fourth-order valence-corrected chi connectivity index (χ4v) is 4.73. The number of carbonyl (C=O) groups is 1. The standard InChI is InChI=1S/C26H20N6O5S/c1-15-7-9-21-19(11-15)25(35)31(13-16-5-3-2-4-6-16)26(28-21)38-14-22(33)29-30-23-18-12-17(32(36)37)8-10-20(18)27-24(23)34/h2-12,27,34H,13-14H2,1H3. The number of azo groups is 1. The van der Waals surface area contributed by atoms with Gasteiger partial charge in [-0.05, 0) is 30.7 Å². The third-order valence-electron chi connectivity index (χ3n) is 5.79. The van der Waals surface area contributed by atoms with Crippen LogP contribution in [-0.2, 0) is 11.3 Å². The van der Waals surface area contributed by atoms with Crippen LogP contribution in [0.2, 0.25) is 0 Å². The summed E-state index contributed by atoms with van der Waals surface area (Å²) in [6, 6.07) is 18.8. The number of nitrogens with one attached hydrogen (secondary N) is 1. The molecule has 0 atom stereocenters. The first kappa shape index (κ1) is 24.8. The first-order valence-corrected chi connectivity index (χ1v) is 12.4. The molecule has 2 N–H and O–H groups in total. The average molecular weight is 529 g/mol. The van der Waals surface area contributed by atoms with Gasteiger partial charge in [0.15, 0.2) is 10.8 Å². The molecule has 0 saturated carbocycles. The van der Waals surface area contributed by atoms with Crippen molar-refractivity contribution in [3.8, 4) is 5.88 Å². The zero-order chi connectivity index (χ0) is 26.8. The predicted molar refractivity (Wildman–Crippen MR) is 143 cm³/mol. The molecule has 190 valence electrons. The summed E-state index contributed by atoms with van der Waals surface area (Å²) in [5.74, 6) is -1.18. The zero-order valence-corrected chi connectivity index (χ0v) is 20.8. The minimum absolute atomic E-state index is 0.0813. The van der Waals surface area contributed by atoms with Gasteiger partial charge in [0, 0.05) is 17.5 Å². The zero-order valence-electron chi connectivity index (χ0n) is 20.0.